The van der Waals surface area contributed by atoms with E-state index in [1.165, 1.54) is 7.11 Å². The summed E-state index contributed by atoms with van der Waals surface area (Å²) >= 11 is 5.93. The standard InChI is InChI=1S/C11H12ClNO3/c1-15-10-3-2-8(6-9(10)12)11(7-13)16-5-4-14/h2-3,6,11,14H,4-5H2,1H3. The lowest BCUT2D eigenvalue weighted by Crippen LogP contribution is -2.06. The minimum absolute atomic E-state index is 0.113. The molecular formula is C11H12ClNO3. The number of methoxy groups -OCH3 is 1. The van der Waals surface area contributed by atoms with Crippen molar-refractivity contribution in [3.63, 3.8) is 0 Å². The summed E-state index contributed by atoms with van der Waals surface area (Å²) in [7, 11) is 1.52. The highest BCUT2D eigenvalue weighted by Crippen LogP contribution is 2.28. The van der Waals surface area contributed by atoms with E-state index in [0.717, 1.165) is 0 Å². The number of halogens is 1. The molecule has 1 atom stereocenters. The van der Waals surface area contributed by atoms with Crippen LogP contribution in [0.2, 0.25) is 5.02 Å². The van der Waals surface area contributed by atoms with Crippen LogP contribution in [0.5, 0.6) is 5.75 Å². The fourth-order valence-electron chi connectivity index (χ4n) is 1.22. The molecule has 1 rings (SSSR count). The number of nitrogens with zero attached hydrogens (tertiary/aromatic N) is 1. The van der Waals surface area contributed by atoms with E-state index >= 15 is 0 Å². The quantitative estimate of drug-likeness (QED) is 0.856. The Morgan fingerprint density at radius 1 is 1.56 bits per heavy atom. The van der Waals surface area contributed by atoms with Gasteiger partial charge in [-0.2, -0.15) is 5.26 Å². The average Bonchev–Trinajstić information content (AvgIpc) is 2.30. The van der Waals surface area contributed by atoms with Crippen LogP contribution in [0.15, 0.2) is 18.2 Å². The van der Waals surface area contributed by atoms with E-state index < -0.39 is 6.10 Å². The Morgan fingerprint density at radius 2 is 2.31 bits per heavy atom. The molecule has 4 nitrogen and oxygen atoms in total. The molecule has 0 aliphatic rings. The Bertz CT molecular complexity index is 389. The summed E-state index contributed by atoms with van der Waals surface area (Å²) in [4.78, 5) is 0. The first-order chi connectivity index (χ1) is 7.72. The van der Waals surface area contributed by atoms with Gasteiger partial charge in [0, 0.05) is 0 Å². The van der Waals surface area contributed by atoms with E-state index in [9.17, 15) is 0 Å². The molecule has 0 amide bonds. The molecule has 5 heteroatoms. The van der Waals surface area contributed by atoms with Gasteiger partial charge in [-0.3, -0.25) is 0 Å². The molecule has 86 valence electrons. The van der Waals surface area contributed by atoms with Crippen molar-refractivity contribution in [2.45, 2.75) is 6.10 Å². The van der Waals surface area contributed by atoms with Gasteiger partial charge in [0.1, 0.15) is 5.75 Å². The van der Waals surface area contributed by atoms with E-state index in [4.69, 9.17) is 31.4 Å². The van der Waals surface area contributed by atoms with Crippen LogP contribution in [0.4, 0.5) is 0 Å². The van der Waals surface area contributed by atoms with Gasteiger partial charge in [0.25, 0.3) is 0 Å². The molecule has 0 saturated heterocycles. The van der Waals surface area contributed by atoms with Crippen LogP contribution >= 0.6 is 11.6 Å². The summed E-state index contributed by atoms with van der Waals surface area (Å²) < 4.78 is 10.1. The van der Waals surface area contributed by atoms with Gasteiger partial charge in [0.15, 0.2) is 6.10 Å². The first-order valence-electron chi connectivity index (χ1n) is 4.68. The van der Waals surface area contributed by atoms with Crippen molar-refractivity contribution < 1.29 is 14.6 Å². The van der Waals surface area contributed by atoms with Gasteiger partial charge in [-0.1, -0.05) is 17.7 Å². The smallest absolute Gasteiger partial charge is 0.169 e. The van der Waals surface area contributed by atoms with E-state index in [-0.39, 0.29) is 13.2 Å². The zero-order chi connectivity index (χ0) is 12.0. The third-order valence-electron chi connectivity index (χ3n) is 1.97. The largest absolute Gasteiger partial charge is 0.495 e. The van der Waals surface area contributed by atoms with Crippen LogP contribution in [0.3, 0.4) is 0 Å². The normalized spacial score (nSPS) is 11.9. The molecule has 0 fully saturated rings. The van der Waals surface area contributed by atoms with Crippen LogP contribution < -0.4 is 4.74 Å². The summed E-state index contributed by atoms with van der Waals surface area (Å²) in [5.41, 5.74) is 0.641. The predicted octanol–water partition coefficient (Wildman–Crippen LogP) is 1.92. The number of rotatable bonds is 5. The van der Waals surface area contributed by atoms with Crippen molar-refractivity contribution in [2.24, 2.45) is 0 Å². The molecule has 0 saturated carbocycles. The SMILES string of the molecule is COc1ccc(C(C#N)OCCO)cc1Cl. The Hall–Kier alpha value is -1.28. The number of hydrogen-bond acceptors (Lipinski definition) is 4. The minimum atomic E-state index is -0.726. The molecule has 1 aromatic carbocycles. The van der Waals surface area contributed by atoms with Crippen LogP contribution in [0.1, 0.15) is 11.7 Å². The van der Waals surface area contributed by atoms with Crippen molar-refractivity contribution in [1.82, 2.24) is 0 Å². The molecule has 0 aromatic heterocycles. The van der Waals surface area contributed by atoms with Gasteiger partial charge in [0.2, 0.25) is 0 Å². The molecule has 1 N–H and O–H groups in total. The molecule has 0 radical (unpaired) electrons. The van der Waals surface area contributed by atoms with Gasteiger partial charge in [0.05, 0.1) is 31.4 Å². The molecule has 0 heterocycles. The maximum absolute atomic E-state index is 8.89. The van der Waals surface area contributed by atoms with Crippen LogP contribution in [0, 0.1) is 11.3 Å². The van der Waals surface area contributed by atoms with E-state index in [2.05, 4.69) is 0 Å². The third-order valence-corrected chi connectivity index (χ3v) is 2.27. The second kappa shape index (κ2) is 6.33. The highest BCUT2D eigenvalue weighted by Gasteiger charge is 2.12. The van der Waals surface area contributed by atoms with Crippen molar-refractivity contribution in [1.29, 1.82) is 5.26 Å². The Balaban J connectivity index is 2.86. The van der Waals surface area contributed by atoms with Gasteiger partial charge in [-0.05, 0) is 17.7 Å². The molecule has 0 aliphatic carbocycles. The number of benzene rings is 1. The highest BCUT2D eigenvalue weighted by atomic mass is 35.5. The highest BCUT2D eigenvalue weighted by molar-refractivity contribution is 6.32. The summed E-state index contributed by atoms with van der Waals surface area (Å²) in [5.74, 6) is 0.546. The Kier molecular flexibility index (Phi) is 5.06. The van der Waals surface area contributed by atoms with Gasteiger partial charge in [-0.15, -0.1) is 0 Å². The lowest BCUT2D eigenvalue weighted by Gasteiger charge is -2.11. The van der Waals surface area contributed by atoms with Crippen LogP contribution in [-0.2, 0) is 4.74 Å². The molecule has 0 aliphatic heterocycles. The molecule has 0 spiro atoms. The van der Waals surface area contributed by atoms with Crippen LogP contribution in [-0.4, -0.2) is 25.4 Å². The number of ether oxygens (including phenoxy) is 2. The first kappa shape index (κ1) is 12.8. The first-order valence-corrected chi connectivity index (χ1v) is 5.06. The molecule has 1 aromatic rings. The molecule has 16 heavy (non-hydrogen) atoms. The fourth-order valence-corrected chi connectivity index (χ4v) is 1.49. The van der Waals surface area contributed by atoms with Gasteiger partial charge >= 0.3 is 0 Å². The van der Waals surface area contributed by atoms with Crippen molar-refractivity contribution in [3.8, 4) is 11.8 Å². The summed E-state index contributed by atoms with van der Waals surface area (Å²) in [6.07, 6.45) is -0.726. The topological polar surface area (TPSA) is 62.5 Å². The zero-order valence-electron chi connectivity index (χ0n) is 8.81. The summed E-state index contributed by atoms with van der Waals surface area (Å²) in [6.45, 7) is -0.00998. The number of aliphatic hydroxyl groups is 1. The zero-order valence-corrected chi connectivity index (χ0v) is 9.57. The van der Waals surface area contributed by atoms with Crippen molar-refractivity contribution in [2.75, 3.05) is 20.3 Å². The summed E-state index contributed by atoms with van der Waals surface area (Å²) in [6, 6.07) is 6.98. The Morgan fingerprint density at radius 3 is 2.81 bits per heavy atom. The monoisotopic (exact) mass is 241 g/mol. The van der Waals surface area contributed by atoms with E-state index in [1.807, 2.05) is 6.07 Å². The van der Waals surface area contributed by atoms with Crippen LogP contribution in [0.25, 0.3) is 0 Å². The van der Waals surface area contributed by atoms with E-state index in [0.29, 0.717) is 16.3 Å². The number of aliphatic hydroxyl groups excluding tert-OH is 1. The molecular weight excluding hydrogens is 230 g/mol. The van der Waals surface area contributed by atoms with Crippen molar-refractivity contribution in [3.05, 3.63) is 28.8 Å². The minimum Gasteiger partial charge on any atom is -0.495 e. The lowest BCUT2D eigenvalue weighted by atomic mass is 10.1. The maximum Gasteiger partial charge on any atom is 0.169 e. The predicted molar refractivity (Wildman–Crippen MR) is 59.4 cm³/mol. The second-order valence-electron chi connectivity index (χ2n) is 3.00. The average molecular weight is 242 g/mol. The van der Waals surface area contributed by atoms with Gasteiger partial charge < -0.3 is 14.6 Å². The number of hydrogen-bond donors (Lipinski definition) is 1. The molecule has 1 unspecified atom stereocenters. The molecule has 0 bridgehead atoms. The fraction of sp³-hybridized carbons (Fsp3) is 0.364. The number of nitriles is 1. The Labute approximate surface area is 99.0 Å². The summed E-state index contributed by atoms with van der Waals surface area (Å²) in [5, 5.41) is 17.9. The van der Waals surface area contributed by atoms with E-state index in [1.54, 1.807) is 18.2 Å². The lowest BCUT2D eigenvalue weighted by molar-refractivity contribution is 0.0581. The van der Waals surface area contributed by atoms with Crippen molar-refractivity contribution >= 4 is 11.6 Å². The third kappa shape index (κ3) is 3.11. The second-order valence-corrected chi connectivity index (χ2v) is 3.40. The maximum atomic E-state index is 8.89. The van der Waals surface area contributed by atoms with Gasteiger partial charge in [-0.25, -0.2) is 0 Å².